The number of alkyl halides is 6. The highest BCUT2D eigenvalue weighted by Crippen LogP contribution is 2.37. The Hall–Kier alpha value is -3.30. The zero-order valence-corrected chi connectivity index (χ0v) is 16.9. The SMILES string of the molecule is Cc1[nH]n2c(=O)c(C)c(-c3ccc(C(F)(F)F)cc3)nc2c1C1=CC=C(C(F)(F)F)CC1. The van der Waals surface area contributed by atoms with Crippen molar-refractivity contribution in [3.05, 3.63) is 74.7 Å². The van der Waals surface area contributed by atoms with Crippen LogP contribution in [0.25, 0.3) is 22.5 Å². The molecule has 168 valence electrons. The van der Waals surface area contributed by atoms with Crippen molar-refractivity contribution in [1.29, 1.82) is 0 Å². The van der Waals surface area contributed by atoms with Crippen LogP contribution in [-0.4, -0.2) is 20.8 Å². The molecule has 2 aromatic heterocycles. The average molecular weight is 453 g/mol. The molecule has 0 saturated heterocycles. The van der Waals surface area contributed by atoms with Gasteiger partial charge in [0.25, 0.3) is 5.56 Å². The summed E-state index contributed by atoms with van der Waals surface area (Å²) >= 11 is 0. The number of nitrogens with one attached hydrogen (secondary N) is 1. The lowest BCUT2D eigenvalue weighted by molar-refractivity contribution is -0.137. The fourth-order valence-electron chi connectivity index (χ4n) is 3.83. The number of aromatic amines is 1. The second kappa shape index (κ2) is 7.39. The molecule has 0 amide bonds. The Labute approximate surface area is 177 Å². The first-order chi connectivity index (χ1) is 14.9. The Balaban J connectivity index is 1.87. The fraction of sp³-hybridized carbons (Fsp3) is 0.273. The zero-order chi connectivity index (χ0) is 23.4. The molecule has 0 fully saturated rings. The summed E-state index contributed by atoms with van der Waals surface area (Å²) in [5, 5.41) is 2.89. The summed E-state index contributed by atoms with van der Waals surface area (Å²) in [4.78, 5) is 17.4. The van der Waals surface area contributed by atoms with Crippen LogP contribution in [0.15, 0.2) is 46.8 Å². The average Bonchev–Trinajstić information content (AvgIpc) is 3.05. The van der Waals surface area contributed by atoms with Crippen molar-refractivity contribution >= 4 is 11.2 Å². The smallest absolute Gasteiger partial charge is 0.293 e. The largest absolute Gasteiger partial charge is 0.416 e. The second-order valence-electron chi connectivity index (χ2n) is 7.62. The summed E-state index contributed by atoms with van der Waals surface area (Å²) < 4.78 is 78.7. The molecule has 1 aromatic carbocycles. The van der Waals surface area contributed by atoms with Crippen LogP contribution < -0.4 is 5.56 Å². The number of nitrogens with zero attached hydrogens (tertiary/aromatic N) is 2. The maximum absolute atomic E-state index is 13.0. The van der Waals surface area contributed by atoms with Gasteiger partial charge in [0.1, 0.15) is 0 Å². The van der Waals surface area contributed by atoms with Gasteiger partial charge in [-0.2, -0.15) is 26.3 Å². The Morgan fingerprint density at radius 1 is 0.938 bits per heavy atom. The van der Waals surface area contributed by atoms with Gasteiger partial charge in [-0.3, -0.25) is 9.89 Å². The van der Waals surface area contributed by atoms with E-state index in [0.29, 0.717) is 22.4 Å². The molecule has 0 radical (unpaired) electrons. The van der Waals surface area contributed by atoms with Crippen molar-refractivity contribution in [2.75, 3.05) is 0 Å². The van der Waals surface area contributed by atoms with Crippen LogP contribution in [-0.2, 0) is 6.18 Å². The van der Waals surface area contributed by atoms with E-state index in [2.05, 4.69) is 10.1 Å². The van der Waals surface area contributed by atoms with Crippen molar-refractivity contribution < 1.29 is 26.3 Å². The van der Waals surface area contributed by atoms with Crippen molar-refractivity contribution in [2.24, 2.45) is 0 Å². The van der Waals surface area contributed by atoms with E-state index in [9.17, 15) is 31.1 Å². The molecule has 0 aliphatic heterocycles. The molecule has 32 heavy (non-hydrogen) atoms. The molecule has 10 heteroatoms. The van der Waals surface area contributed by atoms with Crippen LogP contribution in [0.4, 0.5) is 26.3 Å². The number of benzene rings is 1. The van der Waals surface area contributed by atoms with Gasteiger partial charge in [-0.15, -0.1) is 0 Å². The number of allylic oxidation sites excluding steroid dienone is 4. The predicted molar refractivity (Wildman–Crippen MR) is 107 cm³/mol. The lowest BCUT2D eigenvalue weighted by atomic mass is 9.93. The molecule has 3 aromatic rings. The van der Waals surface area contributed by atoms with Crippen LogP contribution in [0.3, 0.4) is 0 Å². The van der Waals surface area contributed by atoms with Crippen LogP contribution in [0.2, 0.25) is 0 Å². The molecule has 0 spiro atoms. The molecule has 2 heterocycles. The zero-order valence-electron chi connectivity index (χ0n) is 16.9. The Bertz CT molecular complexity index is 1320. The van der Waals surface area contributed by atoms with E-state index in [0.717, 1.165) is 18.2 Å². The normalized spacial score (nSPS) is 15.1. The predicted octanol–water partition coefficient (Wildman–Crippen LogP) is 5.99. The van der Waals surface area contributed by atoms with Gasteiger partial charge in [-0.25, -0.2) is 9.50 Å². The first kappa shape index (κ1) is 21.9. The lowest BCUT2D eigenvalue weighted by Crippen LogP contribution is -2.19. The van der Waals surface area contributed by atoms with Crippen LogP contribution in [0.5, 0.6) is 0 Å². The highest BCUT2D eigenvalue weighted by Gasteiger charge is 2.34. The monoisotopic (exact) mass is 453 g/mol. The fourth-order valence-corrected chi connectivity index (χ4v) is 3.83. The lowest BCUT2D eigenvalue weighted by Gasteiger charge is -2.17. The molecule has 0 unspecified atom stereocenters. The van der Waals surface area contributed by atoms with E-state index in [-0.39, 0.29) is 29.7 Å². The Morgan fingerprint density at radius 3 is 2.12 bits per heavy atom. The second-order valence-corrected chi connectivity index (χ2v) is 7.62. The van der Waals surface area contributed by atoms with Gasteiger partial charge in [-0.1, -0.05) is 24.3 Å². The van der Waals surface area contributed by atoms with Gasteiger partial charge in [0.2, 0.25) is 0 Å². The summed E-state index contributed by atoms with van der Waals surface area (Å²) in [6, 6.07) is 4.31. The summed E-state index contributed by atoms with van der Waals surface area (Å²) in [5.74, 6) is 0. The number of aromatic nitrogens is 3. The highest BCUT2D eigenvalue weighted by atomic mass is 19.4. The molecule has 4 rings (SSSR count). The number of rotatable bonds is 2. The maximum Gasteiger partial charge on any atom is 0.416 e. The molecule has 0 bridgehead atoms. The highest BCUT2D eigenvalue weighted by molar-refractivity contribution is 5.81. The summed E-state index contributed by atoms with van der Waals surface area (Å²) in [6.45, 7) is 3.20. The topological polar surface area (TPSA) is 50.2 Å². The number of hydrogen-bond acceptors (Lipinski definition) is 2. The standard InChI is InChI=1S/C22H17F6N3O/c1-11-18(14-5-9-16(10-6-14)22(26,27)28)29-19-17(12(2)30-31(19)20(11)32)13-3-7-15(8-4-13)21(23,24)25/h3,5-7,9-10,30H,4,8H2,1-2H3. The Kier molecular flexibility index (Phi) is 5.06. The maximum atomic E-state index is 13.0. The molecule has 1 aliphatic carbocycles. The van der Waals surface area contributed by atoms with Gasteiger partial charge in [0.05, 0.1) is 11.3 Å². The third-order valence-electron chi connectivity index (χ3n) is 5.51. The van der Waals surface area contributed by atoms with Crippen LogP contribution >= 0.6 is 0 Å². The minimum absolute atomic E-state index is 0.110. The number of fused-ring (bicyclic) bond motifs is 1. The third kappa shape index (κ3) is 3.74. The van der Waals surface area contributed by atoms with E-state index in [1.807, 2.05) is 0 Å². The molecule has 1 N–H and O–H groups in total. The minimum atomic E-state index is -4.49. The number of hydrogen-bond donors (Lipinski definition) is 1. The summed E-state index contributed by atoms with van der Waals surface area (Å²) in [5.41, 5.74) is 0.727. The van der Waals surface area contributed by atoms with Crippen LogP contribution in [0.1, 0.15) is 35.2 Å². The first-order valence-electron chi connectivity index (χ1n) is 9.65. The third-order valence-corrected chi connectivity index (χ3v) is 5.51. The van der Waals surface area contributed by atoms with E-state index in [4.69, 9.17) is 0 Å². The quantitative estimate of drug-likeness (QED) is 0.485. The Morgan fingerprint density at radius 2 is 1.59 bits per heavy atom. The van der Waals surface area contributed by atoms with Gasteiger partial charge in [0, 0.05) is 28.0 Å². The van der Waals surface area contributed by atoms with Crippen molar-refractivity contribution in [3.8, 4) is 11.3 Å². The molecule has 4 nitrogen and oxygen atoms in total. The van der Waals surface area contributed by atoms with Crippen molar-refractivity contribution in [3.63, 3.8) is 0 Å². The number of aryl methyl sites for hydroxylation is 1. The van der Waals surface area contributed by atoms with E-state index in [1.54, 1.807) is 6.92 Å². The van der Waals surface area contributed by atoms with Crippen molar-refractivity contribution in [2.45, 2.75) is 39.0 Å². The van der Waals surface area contributed by atoms with Gasteiger partial charge in [0.15, 0.2) is 5.65 Å². The van der Waals surface area contributed by atoms with E-state index < -0.39 is 29.0 Å². The van der Waals surface area contributed by atoms with Crippen molar-refractivity contribution in [1.82, 2.24) is 14.6 Å². The van der Waals surface area contributed by atoms with E-state index in [1.165, 1.54) is 29.6 Å². The minimum Gasteiger partial charge on any atom is -0.293 e. The van der Waals surface area contributed by atoms with Gasteiger partial charge in [-0.05, 0) is 44.4 Å². The van der Waals surface area contributed by atoms with E-state index >= 15 is 0 Å². The number of halogens is 6. The molecule has 0 saturated carbocycles. The number of H-pyrrole nitrogens is 1. The van der Waals surface area contributed by atoms with Crippen LogP contribution in [0, 0.1) is 13.8 Å². The molecule has 0 atom stereocenters. The van der Waals surface area contributed by atoms with Gasteiger partial charge >= 0.3 is 12.4 Å². The summed E-state index contributed by atoms with van der Waals surface area (Å²) in [6.07, 6.45) is -6.60. The van der Waals surface area contributed by atoms with Gasteiger partial charge < -0.3 is 0 Å². The molecule has 1 aliphatic rings. The summed E-state index contributed by atoms with van der Waals surface area (Å²) in [7, 11) is 0. The molecular weight excluding hydrogens is 436 g/mol. The first-order valence-corrected chi connectivity index (χ1v) is 9.65. The molecular formula is C22H17F6N3O.